The molecule has 0 amide bonds. The second-order valence-electron chi connectivity index (χ2n) is 6.05. The van der Waals surface area contributed by atoms with Crippen LogP contribution >= 0.6 is 0 Å². The number of rotatable bonds is 8. The Kier molecular flexibility index (Phi) is 7.29. The highest BCUT2D eigenvalue weighted by Crippen LogP contribution is 2.29. The monoisotopic (exact) mass is 356 g/mol. The quantitative estimate of drug-likeness (QED) is 0.562. The second kappa shape index (κ2) is 9.68. The molecular formula is C20H28N4O2. The van der Waals surface area contributed by atoms with Crippen molar-refractivity contribution in [1.82, 2.24) is 4.90 Å². The molecule has 0 heterocycles. The summed E-state index contributed by atoms with van der Waals surface area (Å²) in [5, 5.41) is 3.08. The molecule has 0 aliphatic heterocycles. The summed E-state index contributed by atoms with van der Waals surface area (Å²) in [6.45, 7) is 4.61. The number of nitrogens with two attached hydrogens (primary N) is 1. The average molecular weight is 356 g/mol. The minimum absolute atomic E-state index is 0.355. The first-order valence-electron chi connectivity index (χ1n) is 8.61. The van der Waals surface area contributed by atoms with Crippen molar-refractivity contribution < 1.29 is 9.47 Å². The van der Waals surface area contributed by atoms with E-state index in [1.165, 1.54) is 5.56 Å². The second-order valence-corrected chi connectivity index (χ2v) is 6.05. The summed E-state index contributed by atoms with van der Waals surface area (Å²) >= 11 is 0. The third-order valence-corrected chi connectivity index (χ3v) is 4.07. The predicted octanol–water partition coefficient (Wildman–Crippen LogP) is 3.08. The summed E-state index contributed by atoms with van der Waals surface area (Å²) in [5.41, 5.74) is 9.21. The van der Waals surface area contributed by atoms with E-state index in [2.05, 4.69) is 53.4 Å². The molecule has 2 aromatic carbocycles. The molecule has 2 rings (SSSR count). The zero-order valence-electron chi connectivity index (χ0n) is 16.0. The van der Waals surface area contributed by atoms with Crippen molar-refractivity contribution >= 4 is 11.6 Å². The van der Waals surface area contributed by atoms with Crippen molar-refractivity contribution in [3.63, 3.8) is 0 Å². The molecule has 0 saturated heterocycles. The Balaban J connectivity index is 2.01. The highest BCUT2D eigenvalue weighted by Gasteiger charge is 2.05. The first-order valence-corrected chi connectivity index (χ1v) is 8.61. The van der Waals surface area contributed by atoms with Gasteiger partial charge in [-0.25, -0.2) is 4.99 Å². The Morgan fingerprint density at radius 2 is 1.81 bits per heavy atom. The Morgan fingerprint density at radius 1 is 1.08 bits per heavy atom. The number of ether oxygens (including phenoxy) is 2. The lowest BCUT2D eigenvalue weighted by atomic mass is 10.1. The van der Waals surface area contributed by atoms with Crippen molar-refractivity contribution in [2.45, 2.75) is 20.0 Å². The Labute approximate surface area is 155 Å². The van der Waals surface area contributed by atoms with Crippen molar-refractivity contribution in [3.8, 4) is 11.5 Å². The van der Waals surface area contributed by atoms with Crippen molar-refractivity contribution in [3.05, 3.63) is 53.6 Å². The molecule has 0 aliphatic rings. The van der Waals surface area contributed by atoms with Gasteiger partial charge in [0.25, 0.3) is 0 Å². The fourth-order valence-electron chi connectivity index (χ4n) is 2.53. The number of nitrogens with one attached hydrogen (secondary N) is 1. The van der Waals surface area contributed by atoms with Crippen molar-refractivity contribution in [2.24, 2.45) is 10.7 Å². The van der Waals surface area contributed by atoms with Gasteiger partial charge in [0.05, 0.1) is 20.8 Å². The van der Waals surface area contributed by atoms with Gasteiger partial charge < -0.3 is 25.4 Å². The Bertz CT molecular complexity index is 746. The average Bonchev–Trinajstić information content (AvgIpc) is 2.66. The molecule has 0 atom stereocenters. The van der Waals surface area contributed by atoms with Gasteiger partial charge in [0.2, 0.25) is 0 Å². The van der Waals surface area contributed by atoms with Crippen LogP contribution in [0.25, 0.3) is 0 Å². The van der Waals surface area contributed by atoms with Crippen LogP contribution in [0.1, 0.15) is 18.1 Å². The summed E-state index contributed by atoms with van der Waals surface area (Å²) in [4.78, 5) is 6.69. The zero-order valence-corrected chi connectivity index (χ0v) is 16.0. The topological polar surface area (TPSA) is 72.1 Å². The van der Waals surface area contributed by atoms with Gasteiger partial charge in [0.1, 0.15) is 0 Å². The largest absolute Gasteiger partial charge is 0.493 e. The number of aliphatic imine (C=N–C) groups is 1. The fraction of sp³-hybridized carbons (Fsp3) is 0.350. The van der Waals surface area contributed by atoms with Crippen LogP contribution in [0, 0.1) is 0 Å². The van der Waals surface area contributed by atoms with E-state index in [0.717, 1.165) is 24.3 Å². The third-order valence-electron chi connectivity index (χ3n) is 4.07. The van der Waals surface area contributed by atoms with Crippen LogP contribution in [0.4, 0.5) is 5.69 Å². The molecule has 0 fully saturated rings. The highest BCUT2D eigenvalue weighted by atomic mass is 16.5. The van der Waals surface area contributed by atoms with Gasteiger partial charge >= 0.3 is 0 Å². The molecular weight excluding hydrogens is 328 g/mol. The molecule has 0 saturated carbocycles. The normalized spacial score (nSPS) is 11.5. The van der Waals surface area contributed by atoms with Crippen LogP contribution in [-0.4, -0.2) is 38.7 Å². The highest BCUT2D eigenvalue weighted by molar-refractivity contribution is 5.92. The van der Waals surface area contributed by atoms with E-state index in [9.17, 15) is 0 Å². The van der Waals surface area contributed by atoms with Crippen LogP contribution in [-0.2, 0) is 13.1 Å². The molecule has 3 N–H and O–H groups in total. The van der Waals surface area contributed by atoms with E-state index >= 15 is 0 Å². The van der Waals surface area contributed by atoms with Gasteiger partial charge in [0, 0.05) is 18.3 Å². The molecule has 0 radical (unpaired) electrons. The summed E-state index contributed by atoms with van der Waals surface area (Å²) in [6.07, 6.45) is 0. The van der Waals surface area contributed by atoms with Gasteiger partial charge in [-0.05, 0) is 36.9 Å². The van der Waals surface area contributed by atoms with E-state index in [4.69, 9.17) is 15.2 Å². The van der Waals surface area contributed by atoms with Gasteiger partial charge in [-0.2, -0.15) is 0 Å². The molecule has 0 unspecified atom stereocenters. The van der Waals surface area contributed by atoms with E-state index in [-0.39, 0.29) is 0 Å². The minimum atomic E-state index is 0.355. The molecule has 0 spiro atoms. The number of guanidine groups is 1. The van der Waals surface area contributed by atoms with Gasteiger partial charge in [-0.1, -0.05) is 31.2 Å². The van der Waals surface area contributed by atoms with E-state index in [1.807, 2.05) is 18.2 Å². The van der Waals surface area contributed by atoms with Crippen LogP contribution in [0.2, 0.25) is 0 Å². The number of benzene rings is 2. The molecule has 140 valence electrons. The lowest BCUT2D eigenvalue weighted by Crippen LogP contribution is -2.22. The standard InChI is InChI=1S/C20H28N4O2/c1-5-24(2)14-16-8-6-7-15(11-16)13-22-20(21)23-17-9-10-18(25-3)19(12-17)26-4/h6-12H,5,13-14H2,1-4H3,(H3,21,22,23). The Hall–Kier alpha value is -2.73. The van der Waals surface area contributed by atoms with E-state index in [1.54, 1.807) is 14.2 Å². The number of nitrogens with zero attached hydrogens (tertiary/aromatic N) is 2. The van der Waals surface area contributed by atoms with Crippen LogP contribution in [0.5, 0.6) is 11.5 Å². The van der Waals surface area contributed by atoms with Gasteiger partial charge in [-0.3, -0.25) is 0 Å². The lowest BCUT2D eigenvalue weighted by molar-refractivity contribution is 0.345. The van der Waals surface area contributed by atoms with Gasteiger partial charge in [-0.15, -0.1) is 0 Å². The number of anilines is 1. The zero-order chi connectivity index (χ0) is 18.9. The summed E-state index contributed by atoms with van der Waals surface area (Å²) < 4.78 is 10.5. The lowest BCUT2D eigenvalue weighted by Gasteiger charge is -2.14. The fourth-order valence-corrected chi connectivity index (χ4v) is 2.53. The number of hydrogen-bond donors (Lipinski definition) is 2. The third kappa shape index (κ3) is 5.67. The maximum atomic E-state index is 6.01. The predicted molar refractivity (Wildman–Crippen MR) is 107 cm³/mol. The van der Waals surface area contributed by atoms with Gasteiger partial charge in [0.15, 0.2) is 17.5 Å². The SMILES string of the molecule is CCN(C)Cc1cccc(CN=C(N)Nc2ccc(OC)c(OC)c2)c1. The molecule has 2 aromatic rings. The minimum Gasteiger partial charge on any atom is -0.493 e. The molecule has 0 aliphatic carbocycles. The molecule has 0 aromatic heterocycles. The van der Waals surface area contributed by atoms with Crippen LogP contribution in [0.15, 0.2) is 47.5 Å². The van der Waals surface area contributed by atoms with E-state index < -0.39 is 0 Å². The van der Waals surface area contributed by atoms with E-state index in [0.29, 0.717) is 24.0 Å². The first kappa shape index (κ1) is 19.6. The van der Waals surface area contributed by atoms with Crippen molar-refractivity contribution in [1.29, 1.82) is 0 Å². The molecule has 6 heteroatoms. The number of hydrogen-bond acceptors (Lipinski definition) is 4. The van der Waals surface area contributed by atoms with Crippen LogP contribution in [0.3, 0.4) is 0 Å². The molecule has 6 nitrogen and oxygen atoms in total. The number of methoxy groups -OCH3 is 2. The summed E-state index contributed by atoms with van der Waals surface area (Å²) in [7, 11) is 5.31. The van der Waals surface area contributed by atoms with Crippen LogP contribution < -0.4 is 20.5 Å². The smallest absolute Gasteiger partial charge is 0.193 e. The Morgan fingerprint density at radius 3 is 2.50 bits per heavy atom. The molecule has 26 heavy (non-hydrogen) atoms. The summed E-state index contributed by atoms with van der Waals surface area (Å²) in [6, 6.07) is 13.9. The van der Waals surface area contributed by atoms with Crippen molar-refractivity contribution in [2.75, 3.05) is 33.1 Å². The summed E-state index contributed by atoms with van der Waals surface area (Å²) in [5.74, 6) is 1.66. The maximum absolute atomic E-state index is 6.01. The maximum Gasteiger partial charge on any atom is 0.193 e. The first-order chi connectivity index (χ1) is 12.5. The molecule has 0 bridgehead atoms.